The number of aromatic nitrogens is 2. The first kappa shape index (κ1) is 17.8. The van der Waals surface area contributed by atoms with Gasteiger partial charge in [0.15, 0.2) is 0 Å². The molecule has 0 radical (unpaired) electrons. The van der Waals surface area contributed by atoms with E-state index < -0.39 is 6.10 Å². The molecule has 2 heterocycles. The Morgan fingerprint density at radius 2 is 1.84 bits per heavy atom. The molecule has 0 aliphatic carbocycles. The van der Waals surface area contributed by atoms with Crippen molar-refractivity contribution in [1.82, 2.24) is 19.6 Å². The number of benzene rings is 1. The van der Waals surface area contributed by atoms with Crippen LogP contribution in [-0.4, -0.2) is 70.1 Å². The van der Waals surface area contributed by atoms with E-state index in [9.17, 15) is 9.50 Å². The number of β-amino-alcohol motifs (C(OH)–C–C–N with tert-alkyl or cyclic N) is 1. The van der Waals surface area contributed by atoms with E-state index in [1.165, 1.54) is 17.7 Å². The molecule has 0 saturated carbocycles. The van der Waals surface area contributed by atoms with Gasteiger partial charge in [-0.05, 0) is 24.3 Å². The van der Waals surface area contributed by atoms with Crippen molar-refractivity contribution in [2.24, 2.45) is 7.05 Å². The van der Waals surface area contributed by atoms with Crippen LogP contribution in [-0.2, 0) is 13.6 Å². The maximum atomic E-state index is 12.8. The number of ether oxygens (including phenoxy) is 1. The number of halogens is 1. The maximum absolute atomic E-state index is 12.8. The number of hydrogen-bond donors (Lipinski definition) is 1. The molecule has 0 spiro atoms. The molecule has 1 aliphatic rings. The molecule has 0 amide bonds. The molecule has 25 heavy (non-hydrogen) atoms. The highest BCUT2D eigenvalue weighted by Crippen LogP contribution is 2.12. The van der Waals surface area contributed by atoms with Crippen LogP contribution in [0.15, 0.2) is 36.7 Å². The minimum atomic E-state index is -0.560. The van der Waals surface area contributed by atoms with Gasteiger partial charge in [-0.25, -0.2) is 4.39 Å². The Bertz CT molecular complexity index is 653. The summed E-state index contributed by atoms with van der Waals surface area (Å²) in [5.41, 5.74) is 1.23. The van der Waals surface area contributed by atoms with Crippen molar-refractivity contribution in [3.8, 4) is 5.75 Å². The van der Waals surface area contributed by atoms with Crippen LogP contribution < -0.4 is 4.74 Å². The number of aliphatic hydroxyl groups excluding tert-OH is 1. The smallest absolute Gasteiger partial charge is 0.123 e. The number of hydrogen-bond acceptors (Lipinski definition) is 5. The van der Waals surface area contributed by atoms with Crippen molar-refractivity contribution >= 4 is 0 Å². The molecule has 1 atom stereocenters. The zero-order valence-corrected chi connectivity index (χ0v) is 14.5. The molecule has 1 aliphatic heterocycles. The van der Waals surface area contributed by atoms with Crippen LogP contribution in [0.2, 0.25) is 0 Å². The Hall–Kier alpha value is -1.96. The van der Waals surface area contributed by atoms with E-state index in [1.807, 2.05) is 24.1 Å². The summed E-state index contributed by atoms with van der Waals surface area (Å²) in [4.78, 5) is 4.65. The lowest BCUT2D eigenvalue weighted by atomic mass is 10.2. The number of nitrogens with zero attached hydrogens (tertiary/aromatic N) is 4. The van der Waals surface area contributed by atoms with Gasteiger partial charge in [0.05, 0.1) is 6.20 Å². The molecule has 6 nitrogen and oxygen atoms in total. The van der Waals surface area contributed by atoms with Crippen molar-refractivity contribution in [2.45, 2.75) is 12.6 Å². The van der Waals surface area contributed by atoms with Gasteiger partial charge >= 0.3 is 0 Å². The Balaban J connectivity index is 1.35. The first-order valence-electron chi connectivity index (χ1n) is 8.57. The third kappa shape index (κ3) is 5.52. The second-order valence-electron chi connectivity index (χ2n) is 6.52. The van der Waals surface area contributed by atoms with E-state index in [2.05, 4.69) is 14.9 Å². The molecule has 1 aromatic heterocycles. The van der Waals surface area contributed by atoms with E-state index in [-0.39, 0.29) is 12.4 Å². The second-order valence-corrected chi connectivity index (χ2v) is 6.52. The van der Waals surface area contributed by atoms with Gasteiger partial charge in [-0.2, -0.15) is 5.10 Å². The summed E-state index contributed by atoms with van der Waals surface area (Å²) in [7, 11) is 1.93. The minimum absolute atomic E-state index is 0.210. The van der Waals surface area contributed by atoms with Crippen LogP contribution in [0.3, 0.4) is 0 Å². The van der Waals surface area contributed by atoms with Gasteiger partial charge in [0, 0.05) is 58.1 Å². The molecule has 7 heteroatoms. The number of aryl methyl sites for hydroxylation is 1. The average molecular weight is 348 g/mol. The van der Waals surface area contributed by atoms with Gasteiger partial charge in [0.25, 0.3) is 0 Å². The van der Waals surface area contributed by atoms with Crippen LogP contribution in [0.4, 0.5) is 4.39 Å². The predicted octanol–water partition coefficient (Wildman–Crippen LogP) is 1.12. The predicted molar refractivity (Wildman–Crippen MR) is 92.8 cm³/mol. The first-order valence-corrected chi connectivity index (χ1v) is 8.57. The molecular formula is C18H25FN4O2. The second kappa shape index (κ2) is 8.42. The SMILES string of the molecule is Cn1cc(CN2CCN(CC(O)COc3ccc(F)cc3)CC2)cn1. The number of aliphatic hydroxyl groups is 1. The zero-order valence-electron chi connectivity index (χ0n) is 14.5. The fraction of sp³-hybridized carbons (Fsp3) is 0.500. The maximum Gasteiger partial charge on any atom is 0.123 e. The summed E-state index contributed by atoms with van der Waals surface area (Å²) in [5, 5.41) is 14.4. The lowest BCUT2D eigenvalue weighted by Crippen LogP contribution is -2.48. The van der Waals surface area contributed by atoms with Crippen LogP contribution in [0, 0.1) is 5.82 Å². The fourth-order valence-electron chi connectivity index (χ4n) is 3.02. The highest BCUT2D eigenvalue weighted by molar-refractivity contribution is 5.22. The summed E-state index contributed by atoms with van der Waals surface area (Å²) in [6, 6.07) is 5.84. The quantitative estimate of drug-likeness (QED) is 0.813. The van der Waals surface area contributed by atoms with E-state index >= 15 is 0 Å². The van der Waals surface area contributed by atoms with Crippen molar-refractivity contribution in [3.63, 3.8) is 0 Å². The van der Waals surface area contributed by atoms with Gasteiger partial charge in [0.1, 0.15) is 24.3 Å². The number of piperazine rings is 1. The lowest BCUT2D eigenvalue weighted by Gasteiger charge is -2.35. The third-order valence-corrected chi connectivity index (χ3v) is 4.35. The van der Waals surface area contributed by atoms with Crippen LogP contribution in [0.1, 0.15) is 5.56 Å². The largest absolute Gasteiger partial charge is 0.491 e. The fourth-order valence-corrected chi connectivity index (χ4v) is 3.02. The van der Waals surface area contributed by atoms with E-state index in [4.69, 9.17) is 4.74 Å². The van der Waals surface area contributed by atoms with Gasteiger partial charge < -0.3 is 9.84 Å². The normalized spacial score (nSPS) is 17.6. The highest BCUT2D eigenvalue weighted by Gasteiger charge is 2.20. The standard InChI is InChI=1S/C18H25FN4O2/c1-21-11-15(10-20-21)12-22-6-8-23(9-7-22)13-17(24)14-25-18-4-2-16(19)3-5-18/h2-5,10-11,17,24H,6-9,12-14H2,1H3. The molecule has 0 bridgehead atoms. The van der Waals surface area contributed by atoms with E-state index in [0.717, 1.165) is 32.7 Å². The Labute approximate surface area is 147 Å². The molecule has 136 valence electrons. The summed E-state index contributed by atoms with van der Waals surface area (Å²) in [6.07, 6.45) is 3.39. The van der Waals surface area contributed by atoms with E-state index in [0.29, 0.717) is 12.3 Å². The molecule has 1 aromatic carbocycles. The zero-order chi connectivity index (χ0) is 17.6. The molecule has 1 N–H and O–H groups in total. The average Bonchev–Trinajstić information content (AvgIpc) is 3.01. The molecule has 3 rings (SSSR count). The monoisotopic (exact) mass is 348 g/mol. The first-order chi connectivity index (χ1) is 12.1. The Morgan fingerprint density at radius 1 is 1.16 bits per heavy atom. The molecule has 1 fully saturated rings. The van der Waals surface area contributed by atoms with Gasteiger partial charge in [-0.3, -0.25) is 14.5 Å². The number of rotatable bonds is 7. The van der Waals surface area contributed by atoms with Gasteiger partial charge in [0.2, 0.25) is 0 Å². The summed E-state index contributed by atoms with van der Waals surface area (Å²) in [5.74, 6) is 0.277. The van der Waals surface area contributed by atoms with Crippen molar-refractivity contribution in [2.75, 3.05) is 39.3 Å². The van der Waals surface area contributed by atoms with Crippen molar-refractivity contribution in [1.29, 1.82) is 0 Å². The molecule has 1 unspecified atom stereocenters. The Morgan fingerprint density at radius 3 is 2.48 bits per heavy atom. The third-order valence-electron chi connectivity index (χ3n) is 4.35. The summed E-state index contributed by atoms with van der Waals surface area (Å²) < 4.78 is 20.2. The van der Waals surface area contributed by atoms with E-state index in [1.54, 1.807) is 12.1 Å². The van der Waals surface area contributed by atoms with Gasteiger partial charge in [-0.15, -0.1) is 0 Å². The molecule has 1 saturated heterocycles. The molecule has 2 aromatic rings. The topological polar surface area (TPSA) is 53.8 Å². The summed E-state index contributed by atoms with van der Waals surface area (Å²) >= 11 is 0. The van der Waals surface area contributed by atoms with Crippen molar-refractivity contribution in [3.05, 3.63) is 48.0 Å². The Kier molecular flexibility index (Phi) is 6.01. The molecular weight excluding hydrogens is 323 g/mol. The van der Waals surface area contributed by atoms with Crippen LogP contribution in [0.5, 0.6) is 5.75 Å². The lowest BCUT2D eigenvalue weighted by molar-refractivity contribution is 0.0446. The van der Waals surface area contributed by atoms with Crippen LogP contribution in [0.25, 0.3) is 0 Å². The minimum Gasteiger partial charge on any atom is -0.491 e. The summed E-state index contributed by atoms with van der Waals surface area (Å²) in [6.45, 7) is 5.50. The van der Waals surface area contributed by atoms with Gasteiger partial charge in [-0.1, -0.05) is 0 Å². The highest BCUT2D eigenvalue weighted by atomic mass is 19.1. The van der Waals surface area contributed by atoms with Crippen molar-refractivity contribution < 1.29 is 14.2 Å². The van der Waals surface area contributed by atoms with Crippen LogP contribution >= 0.6 is 0 Å².